The van der Waals surface area contributed by atoms with Gasteiger partial charge in [-0.15, -0.1) is 0 Å². The van der Waals surface area contributed by atoms with Crippen LogP contribution in [0.3, 0.4) is 0 Å². The zero-order valence-corrected chi connectivity index (χ0v) is 14.5. The average Bonchev–Trinajstić information content (AvgIpc) is 2.43. The number of hydrogen-bond donors (Lipinski definition) is 2. The Labute approximate surface area is 136 Å². The van der Waals surface area contributed by atoms with Gasteiger partial charge in [0.15, 0.2) is 0 Å². The highest BCUT2D eigenvalue weighted by molar-refractivity contribution is 9.10. The molecule has 0 spiro atoms. The topological polar surface area (TPSA) is 50.7 Å². The molecule has 1 atom stereocenters. The maximum absolute atomic E-state index is 9.85. The number of benzene rings is 1. The van der Waals surface area contributed by atoms with Gasteiger partial charge >= 0.3 is 0 Å². The lowest BCUT2D eigenvalue weighted by molar-refractivity contribution is 0.00749. The van der Waals surface area contributed by atoms with Gasteiger partial charge in [0, 0.05) is 23.3 Å². The van der Waals surface area contributed by atoms with Crippen molar-refractivity contribution in [3.05, 3.63) is 28.2 Å². The van der Waals surface area contributed by atoms with Gasteiger partial charge in [-0.2, -0.15) is 0 Å². The minimum Gasteiger partial charge on any atom is -0.389 e. The number of halogens is 1. The van der Waals surface area contributed by atoms with Crippen molar-refractivity contribution < 1.29 is 14.6 Å². The van der Waals surface area contributed by atoms with E-state index in [2.05, 4.69) is 28.2 Å². The van der Waals surface area contributed by atoms with E-state index in [9.17, 15) is 5.11 Å². The van der Waals surface area contributed by atoms with Crippen molar-refractivity contribution in [2.24, 2.45) is 0 Å². The third kappa shape index (κ3) is 9.09. The molecule has 4 nitrogen and oxygen atoms in total. The molecule has 1 aromatic carbocycles. The number of aliphatic hydroxyl groups excluding tert-OH is 1. The summed E-state index contributed by atoms with van der Waals surface area (Å²) in [5, 5.41) is 13.1. The second-order valence-electron chi connectivity index (χ2n) is 5.09. The lowest BCUT2D eigenvalue weighted by Crippen LogP contribution is -2.25. The zero-order chi connectivity index (χ0) is 15.5. The Hall–Kier alpha value is -0.620. The van der Waals surface area contributed by atoms with E-state index in [1.807, 2.05) is 25.1 Å². The first-order valence-electron chi connectivity index (χ1n) is 7.46. The van der Waals surface area contributed by atoms with Crippen molar-refractivity contribution in [1.29, 1.82) is 0 Å². The molecule has 0 saturated heterocycles. The van der Waals surface area contributed by atoms with Gasteiger partial charge in [-0.1, -0.05) is 29.3 Å². The Morgan fingerprint density at radius 3 is 2.67 bits per heavy atom. The number of aliphatic hydroxyl groups is 1. The van der Waals surface area contributed by atoms with Gasteiger partial charge in [0.2, 0.25) is 0 Å². The number of anilines is 1. The van der Waals surface area contributed by atoms with E-state index in [0.717, 1.165) is 29.6 Å². The van der Waals surface area contributed by atoms with Crippen LogP contribution in [0.4, 0.5) is 5.69 Å². The summed E-state index contributed by atoms with van der Waals surface area (Å²) in [5.41, 5.74) is 2.16. The van der Waals surface area contributed by atoms with Gasteiger partial charge in [0.25, 0.3) is 0 Å². The highest BCUT2D eigenvalue weighted by Crippen LogP contribution is 2.18. The fourth-order valence-electron chi connectivity index (χ4n) is 1.82. The highest BCUT2D eigenvalue weighted by Gasteiger charge is 2.05. The van der Waals surface area contributed by atoms with Gasteiger partial charge < -0.3 is 19.9 Å². The van der Waals surface area contributed by atoms with Crippen molar-refractivity contribution in [3.63, 3.8) is 0 Å². The Kier molecular flexibility index (Phi) is 9.67. The van der Waals surface area contributed by atoms with Crippen LogP contribution in [0.1, 0.15) is 25.3 Å². The maximum atomic E-state index is 9.85. The summed E-state index contributed by atoms with van der Waals surface area (Å²) in [6, 6.07) is 6.07. The SMILES string of the molecule is CCCCOCCOCC(O)CNc1cc(C)cc(Br)c1. The van der Waals surface area contributed by atoms with E-state index in [4.69, 9.17) is 9.47 Å². The molecule has 0 aliphatic rings. The standard InChI is InChI=1S/C16H26BrNO3/c1-3-4-5-20-6-7-21-12-16(19)11-18-15-9-13(2)8-14(17)10-15/h8-10,16,18-19H,3-7,11-12H2,1-2H3. The lowest BCUT2D eigenvalue weighted by Gasteiger charge is -2.14. The highest BCUT2D eigenvalue weighted by atomic mass is 79.9. The molecule has 0 bridgehead atoms. The summed E-state index contributed by atoms with van der Waals surface area (Å²) in [7, 11) is 0. The van der Waals surface area contributed by atoms with Gasteiger partial charge in [0.1, 0.15) is 0 Å². The third-order valence-corrected chi connectivity index (χ3v) is 3.37. The van der Waals surface area contributed by atoms with Crippen LogP contribution in [0.15, 0.2) is 22.7 Å². The first kappa shape index (κ1) is 18.4. The first-order chi connectivity index (χ1) is 10.1. The summed E-state index contributed by atoms with van der Waals surface area (Å²) in [6.45, 7) is 6.85. The van der Waals surface area contributed by atoms with Gasteiger partial charge in [-0.3, -0.25) is 0 Å². The van der Waals surface area contributed by atoms with E-state index in [0.29, 0.717) is 26.4 Å². The van der Waals surface area contributed by atoms with Crippen molar-refractivity contribution in [3.8, 4) is 0 Å². The fraction of sp³-hybridized carbons (Fsp3) is 0.625. The quantitative estimate of drug-likeness (QED) is 0.594. The Morgan fingerprint density at radius 1 is 1.19 bits per heavy atom. The van der Waals surface area contributed by atoms with E-state index >= 15 is 0 Å². The van der Waals surface area contributed by atoms with Crippen LogP contribution in [0.25, 0.3) is 0 Å². The van der Waals surface area contributed by atoms with Crippen molar-refractivity contribution in [2.45, 2.75) is 32.8 Å². The van der Waals surface area contributed by atoms with Crippen LogP contribution in [0.2, 0.25) is 0 Å². The fourth-order valence-corrected chi connectivity index (χ4v) is 2.43. The van der Waals surface area contributed by atoms with Crippen LogP contribution in [-0.4, -0.2) is 44.2 Å². The second kappa shape index (κ2) is 11.0. The number of aryl methyl sites for hydroxylation is 1. The Balaban J connectivity index is 2.09. The molecule has 2 N–H and O–H groups in total. The molecule has 0 amide bonds. The van der Waals surface area contributed by atoms with Gasteiger partial charge in [0.05, 0.1) is 25.9 Å². The predicted molar refractivity (Wildman–Crippen MR) is 89.9 cm³/mol. The molecule has 0 saturated carbocycles. The minimum atomic E-state index is -0.528. The zero-order valence-electron chi connectivity index (χ0n) is 12.9. The van der Waals surface area contributed by atoms with E-state index in [-0.39, 0.29) is 0 Å². The van der Waals surface area contributed by atoms with Crippen LogP contribution < -0.4 is 5.32 Å². The maximum Gasteiger partial charge on any atom is 0.0945 e. The molecule has 0 fully saturated rings. The van der Waals surface area contributed by atoms with Crippen molar-refractivity contribution in [2.75, 3.05) is 38.3 Å². The van der Waals surface area contributed by atoms with Crippen LogP contribution >= 0.6 is 15.9 Å². The van der Waals surface area contributed by atoms with E-state index in [1.165, 1.54) is 5.56 Å². The number of nitrogens with one attached hydrogen (secondary N) is 1. The summed E-state index contributed by atoms with van der Waals surface area (Å²) in [6.07, 6.45) is 1.69. The minimum absolute atomic E-state index is 0.317. The summed E-state index contributed by atoms with van der Waals surface area (Å²) < 4.78 is 11.8. The molecule has 1 aromatic rings. The molecule has 1 unspecified atom stereocenters. The molecule has 5 heteroatoms. The Bertz CT molecular complexity index is 381. The largest absolute Gasteiger partial charge is 0.389 e. The van der Waals surface area contributed by atoms with Crippen molar-refractivity contribution in [1.82, 2.24) is 0 Å². The summed E-state index contributed by atoms with van der Waals surface area (Å²) >= 11 is 3.46. The molecule has 1 rings (SSSR count). The normalized spacial score (nSPS) is 12.4. The van der Waals surface area contributed by atoms with E-state index < -0.39 is 6.10 Å². The molecule has 21 heavy (non-hydrogen) atoms. The molecular weight excluding hydrogens is 334 g/mol. The monoisotopic (exact) mass is 359 g/mol. The van der Waals surface area contributed by atoms with Gasteiger partial charge in [-0.25, -0.2) is 0 Å². The molecule has 0 heterocycles. The van der Waals surface area contributed by atoms with Gasteiger partial charge in [-0.05, 0) is 37.1 Å². The smallest absolute Gasteiger partial charge is 0.0945 e. The summed E-state index contributed by atoms with van der Waals surface area (Å²) in [5.74, 6) is 0. The van der Waals surface area contributed by atoms with Crippen LogP contribution in [0.5, 0.6) is 0 Å². The van der Waals surface area contributed by atoms with Crippen molar-refractivity contribution >= 4 is 21.6 Å². The number of unbranched alkanes of at least 4 members (excludes halogenated alkanes) is 1. The molecule has 120 valence electrons. The Morgan fingerprint density at radius 2 is 1.95 bits per heavy atom. The van der Waals surface area contributed by atoms with E-state index in [1.54, 1.807) is 0 Å². The lowest BCUT2D eigenvalue weighted by atomic mass is 10.2. The van der Waals surface area contributed by atoms with Crippen LogP contribution in [-0.2, 0) is 9.47 Å². The molecular formula is C16H26BrNO3. The first-order valence-corrected chi connectivity index (χ1v) is 8.25. The predicted octanol–water partition coefficient (Wildman–Crippen LogP) is 3.36. The summed E-state index contributed by atoms with van der Waals surface area (Å²) in [4.78, 5) is 0. The number of ether oxygens (including phenoxy) is 2. The molecule has 0 radical (unpaired) electrons. The third-order valence-electron chi connectivity index (χ3n) is 2.91. The average molecular weight is 360 g/mol. The second-order valence-corrected chi connectivity index (χ2v) is 6.01. The number of rotatable bonds is 11. The van der Waals surface area contributed by atoms with Crippen LogP contribution in [0, 0.1) is 6.92 Å². The number of hydrogen-bond acceptors (Lipinski definition) is 4. The molecule has 0 aromatic heterocycles. The molecule has 0 aliphatic carbocycles. The molecule has 0 aliphatic heterocycles.